The van der Waals surface area contributed by atoms with Crippen LogP contribution in [0.4, 0.5) is 5.69 Å². The van der Waals surface area contributed by atoms with Crippen molar-refractivity contribution in [1.82, 2.24) is 5.32 Å². The number of rotatable bonds is 6. The van der Waals surface area contributed by atoms with Gasteiger partial charge in [0.1, 0.15) is 0 Å². The van der Waals surface area contributed by atoms with Gasteiger partial charge >= 0.3 is 0 Å². The summed E-state index contributed by atoms with van der Waals surface area (Å²) in [6.45, 7) is 4.65. The molecule has 0 amide bonds. The molecular weight excluding hydrogens is 228 g/mol. The predicted octanol–water partition coefficient (Wildman–Crippen LogP) is 3.18. The van der Waals surface area contributed by atoms with Crippen LogP contribution in [0.25, 0.3) is 0 Å². The minimum absolute atomic E-state index is 0.212. The van der Waals surface area contributed by atoms with Crippen molar-refractivity contribution in [3.05, 3.63) is 39.4 Å². The second-order valence-electron chi connectivity index (χ2n) is 5.34. The molecule has 2 rings (SSSR count). The normalized spacial score (nSPS) is 16.6. The van der Waals surface area contributed by atoms with E-state index in [4.69, 9.17) is 0 Å². The Labute approximate surface area is 108 Å². The van der Waals surface area contributed by atoms with Crippen molar-refractivity contribution in [1.29, 1.82) is 0 Å². The first-order valence-electron chi connectivity index (χ1n) is 6.53. The minimum atomic E-state index is -0.313. The van der Waals surface area contributed by atoms with Crippen molar-refractivity contribution in [2.24, 2.45) is 5.92 Å². The summed E-state index contributed by atoms with van der Waals surface area (Å²) in [4.78, 5) is 10.5. The van der Waals surface area contributed by atoms with Crippen molar-refractivity contribution >= 4 is 5.69 Å². The van der Waals surface area contributed by atoms with Gasteiger partial charge in [0.2, 0.25) is 0 Å². The van der Waals surface area contributed by atoms with Gasteiger partial charge in [0.25, 0.3) is 5.69 Å². The highest BCUT2D eigenvalue weighted by atomic mass is 16.6. The predicted molar refractivity (Wildman–Crippen MR) is 71.5 cm³/mol. The van der Waals surface area contributed by atoms with Crippen LogP contribution in [0.1, 0.15) is 37.3 Å². The Hall–Kier alpha value is -1.42. The first-order valence-corrected chi connectivity index (χ1v) is 6.53. The third-order valence-corrected chi connectivity index (χ3v) is 3.51. The molecule has 1 N–H and O–H groups in total. The molecule has 1 aliphatic carbocycles. The summed E-state index contributed by atoms with van der Waals surface area (Å²) in [5.41, 5.74) is 1.91. The van der Waals surface area contributed by atoms with Crippen molar-refractivity contribution < 1.29 is 4.92 Å². The maximum Gasteiger partial charge on any atom is 0.272 e. The molecule has 0 saturated heterocycles. The number of benzene rings is 1. The molecule has 0 aromatic heterocycles. The van der Waals surface area contributed by atoms with Gasteiger partial charge in [-0.3, -0.25) is 10.1 Å². The maximum atomic E-state index is 10.9. The van der Waals surface area contributed by atoms with E-state index in [0.717, 1.165) is 17.0 Å². The summed E-state index contributed by atoms with van der Waals surface area (Å²) < 4.78 is 0. The fraction of sp³-hybridized carbons (Fsp3) is 0.571. The molecular formula is C14H20N2O2. The largest absolute Gasteiger partial charge is 0.310 e. The number of nitro benzene ring substituents is 1. The first kappa shape index (κ1) is 13.0. The minimum Gasteiger partial charge on any atom is -0.310 e. The van der Waals surface area contributed by atoms with E-state index >= 15 is 0 Å². The lowest BCUT2D eigenvalue weighted by Crippen LogP contribution is -2.25. The molecule has 4 heteroatoms. The van der Waals surface area contributed by atoms with E-state index in [2.05, 4.69) is 12.2 Å². The molecule has 0 heterocycles. The second-order valence-corrected chi connectivity index (χ2v) is 5.34. The van der Waals surface area contributed by atoms with Gasteiger partial charge in [-0.2, -0.15) is 0 Å². The molecule has 4 nitrogen and oxygen atoms in total. The van der Waals surface area contributed by atoms with Crippen molar-refractivity contribution in [3.8, 4) is 0 Å². The lowest BCUT2D eigenvalue weighted by molar-refractivity contribution is -0.385. The number of nitrogens with zero attached hydrogens (tertiary/aromatic N) is 1. The number of hydrogen-bond acceptors (Lipinski definition) is 3. The van der Waals surface area contributed by atoms with E-state index in [1.165, 1.54) is 19.3 Å². The fourth-order valence-electron chi connectivity index (χ4n) is 2.19. The van der Waals surface area contributed by atoms with Crippen LogP contribution in [0.15, 0.2) is 18.2 Å². The molecule has 1 fully saturated rings. The van der Waals surface area contributed by atoms with E-state index in [-0.39, 0.29) is 10.6 Å². The Morgan fingerprint density at radius 2 is 2.22 bits per heavy atom. The van der Waals surface area contributed by atoms with Crippen molar-refractivity contribution in [3.63, 3.8) is 0 Å². The molecule has 0 radical (unpaired) electrons. The lowest BCUT2D eigenvalue weighted by Gasteiger charge is -2.13. The number of aryl methyl sites for hydroxylation is 1. The summed E-state index contributed by atoms with van der Waals surface area (Å²) in [5.74, 6) is 0.903. The topological polar surface area (TPSA) is 55.2 Å². The molecule has 1 aromatic carbocycles. The Balaban J connectivity index is 1.92. The number of nitro groups is 1. The summed E-state index contributed by atoms with van der Waals surface area (Å²) in [6.07, 6.45) is 3.94. The number of hydrogen-bond donors (Lipinski definition) is 1. The molecule has 0 spiro atoms. The van der Waals surface area contributed by atoms with Gasteiger partial charge in [0.05, 0.1) is 4.92 Å². The SMILES string of the molecule is Cc1ccc(CNC(C)CC2CC2)cc1[N+](=O)[O-]. The second kappa shape index (κ2) is 5.48. The highest BCUT2D eigenvalue weighted by molar-refractivity contribution is 5.42. The molecule has 0 aliphatic heterocycles. The zero-order valence-corrected chi connectivity index (χ0v) is 11.0. The average molecular weight is 248 g/mol. The highest BCUT2D eigenvalue weighted by Crippen LogP contribution is 2.33. The van der Waals surface area contributed by atoms with Crippen molar-refractivity contribution in [2.45, 2.75) is 45.7 Å². The van der Waals surface area contributed by atoms with Crippen LogP contribution in [0.5, 0.6) is 0 Å². The van der Waals surface area contributed by atoms with E-state index in [0.29, 0.717) is 12.6 Å². The highest BCUT2D eigenvalue weighted by Gasteiger charge is 2.23. The van der Waals surface area contributed by atoms with E-state index < -0.39 is 0 Å². The van der Waals surface area contributed by atoms with Gasteiger partial charge in [0, 0.05) is 24.2 Å². The van der Waals surface area contributed by atoms with Crippen LogP contribution >= 0.6 is 0 Å². The molecule has 98 valence electrons. The van der Waals surface area contributed by atoms with Crippen LogP contribution in [-0.4, -0.2) is 11.0 Å². The van der Waals surface area contributed by atoms with E-state index in [1.54, 1.807) is 13.0 Å². The molecule has 1 saturated carbocycles. The molecule has 1 atom stereocenters. The summed E-state index contributed by atoms with van der Waals surface area (Å²) >= 11 is 0. The molecule has 1 aliphatic rings. The average Bonchev–Trinajstić information content (AvgIpc) is 3.11. The summed E-state index contributed by atoms with van der Waals surface area (Å²) in [5, 5.41) is 14.3. The quantitative estimate of drug-likeness (QED) is 0.621. The third kappa shape index (κ3) is 3.53. The maximum absolute atomic E-state index is 10.9. The van der Waals surface area contributed by atoms with Crippen molar-refractivity contribution in [2.75, 3.05) is 0 Å². The van der Waals surface area contributed by atoms with Gasteiger partial charge < -0.3 is 5.32 Å². The van der Waals surface area contributed by atoms with Crippen LogP contribution in [0.3, 0.4) is 0 Å². The summed E-state index contributed by atoms with van der Waals surface area (Å²) in [6, 6.07) is 5.93. The van der Waals surface area contributed by atoms with Gasteiger partial charge in [-0.25, -0.2) is 0 Å². The molecule has 1 unspecified atom stereocenters. The zero-order valence-electron chi connectivity index (χ0n) is 11.0. The third-order valence-electron chi connectivity index (χ3n) is 3.51. The smallest absolute Gasteiger partial charge is 0.272 e. The summed E-state index contributed by atoms with van der Waals surface area (Å²) in [7, 11) is 0. The van der Waals surface area contributed by atoms with Crippen LogP contribution in [0, 0.1) is 23.0 Å². The van der Waals surface area contributed by atoms with Gasteiger partial charge in [-0.15, -0.1) is 0 Å². The Bertz CT molecular complexity index is 441. The Kier molecular flexibility index (Phi) is 3.97. The fourth-order valence-corrected chi connectivity index (χ4v) is 2.19. The lowest BCUT2D eigenvalue weighted by atomic mass is 10.1. The van der Waals surface area contributed by atoms with Crippen LogP contribution in [-0.2, 0) is 6.54 Å². The Morgan fingerprint density at radius 1 is 1.50 bits per heavy atom. The van der Waals surface area contributed by atoms with Gasteiger partial charge in [0.15, 0.2) is 0 Å². The first-order chi connectivity index (χ1) is 8.56. The monoisotopic (exact) mass is 248 g/mol. The number of nitrogens with one attached hydrogen (secondary N) is 1. The van der Waals surface area contributed by atoms with E-state index in [1.807, 2.05) is 12.1 Å². The molecule has 18 heavy (non-hydrogen) atoms. The van der Waals surface area contributed by atoms with Gasteiger partial charge in [-0.1, -0.05) is 25.0 Å². The standard InChI is InChI=1S/C14H20N2O2/c1-10-3-4-13(8-14(10)16(17)18)9-15-11(2)7-12-5-6-12/h3-4,8,11-12,15H,5-7,9H2,1-2H3. The van der Waals surface area contributed by atoms with E-state index in [9.17, 15) is 10.1 Å². The van der Waals surface area contributed by atoms with Crippen LogP contribution < -0.4 is 5.32 Å². The molecule has 0 bridgehead atoms. The molecule has 1 aromatic rings. The van der Waals surface area contributed by atoms with Gasteiger partial charge in [-0.05, 0) is 31.7 Å². The Morgan fingerprint density at radius 3 is 2.83 bits per heavy atom. The zero-order chi connectivity index (χ0) is 13.1. The van der Waals surface area contributed by atoms with Crippen LogP contribution in [0.2, 0.25) is 0 Å².